The summed E-state index contributed by atoms with van der Waals surface area (Å²) in [7, 11) is 0. The first kappa shape index (κ1) is 15.2. The summed E-state index contributed by atoms with van der Waals surface area (Å²) in [5.74, 6) is -0.822. The fourth-order valence-electron chi connectivity index (χ4n) is 0.621. The van der Waals surface area contributed by atoms with Crippen LogP contribution in [0.3, 0.4) is 0 Å². The molecule has 0 unspecified atom stereocenters. The normalized spacial score (nSPS) is 8.57. The van der Waals surface area contributed by atoms with Gasteiger partial charge in [-0.1, -0.05) is 13.5 Å². The van der Waals surface area contributed by atoms with Crippen LogP contribution in [-0.2, 0) is 9.59 Å². The van der Waals surface area contributed by atoms with E-state index in [4.69, 9.17) is 5.11 Å². The minimum Gasteiger partial charge on any atom is -0.478 e. The van der Waals surface area contributed by atoms with E-state index >= 15 is 0 Å². The van der Waals surface area contributed by atoms with E-state index in [1.54, 1.807) is 0 Å². The molecule has 0 saturated carbocycles. The van der Waals surface area contributed by atoms with Crippen LogP contribution in [0.4, 0.5) is 0 Å². The molecular weight excluding hydrogens is 182 g/mol. The van der Waals surface area contributed by atoms with Crippen molar-refractivity contribution in [2.45, 2.75) is 39.7 Å². The van der Waals surface area contributed by atoms with Crippen LogP contribution >= 0.6 is 0 Å². The van der Waals surface area contributed by atoms with Crippen LogP contribution in [0.15, 0.2) is 12.7 Å². The Bertz CT molecular complexity index is 188. The molecule has 0 aromatic heterocycles. The standard InChI is InChI=1S/C7H15NO.C3H4O2/c1-4-5-7(9)8-6(2)3;1-2-3(4)5/h6H,4-5H2,1-3H3,(H,8,9);2H,1H2,(H,4,5). The molecule has 4 nitrogen and oxygen atoms in total. The number of carbonyl (C=O) groups excluding carboxylic acids is 1. The third-order valence-corrected chi connectivity index (χ3v) is 1.10. The number of carboxylic acids is 1. The number of aliphatic carboxylic acids is 1. The molecule has 4 heteroatoms. The number of rotatable bonds is 4. The Hall–Kier alpha value is -1.32. The summed E-state index contributed by atoms with van der Waals surface area (Å²) in [6.07, 6.45) is 2.41. The predicted octanol–water partition coefficient (Wildman–Crippen LogP) is 1.57. The minimum atomic E-state index is -0.981. The topological polar surface area (TPSA) is 66.4 Å². The van der Waals surface area contributed by atoms with Crippen molar-refractivity contribution in [2.24, 2.45) is 0 Å². The molecule has 2 N–H and O–H groups in total. The van der Waals surface area contributed by atoms with Crippen LogP contribution in [0.25, 0.3) is 0 Å². The Kier molecular flexibility index (Phi) is 10.6. The highest BCUT2D eigenvalue weighted by Gasteiger charge is 1.98. The molecule has 14 heavy (non-hydrogen) atoms. The molecule has 0 bridgehead atoms. The van der Waals surface area contributed by atoms with E-state index < -0.39 is 5.97 Å². The number of amides is 1. The monoisotopic (exact) mass is 201 g/mol. The predicted molar refractivity (Wildman–Crippen MR) is 56.0 cm³/mol. The maximum absolute atomic E-state index is 10.7. The molecule has 82 valence electrons. The Labute approximate surface area is 85.0 Å². The molecule has 0 heterocycles. The molecule has 0 rings (SSSR count). The number of carbonyl (C=O) groups is 2. The molecule has 0 aliphatic heterocycles. The van der Waals surface area contributed by atoms with Crippen molar-refractivity contribution in [3.63, 3.8) is 0 Å². The van der Waals surface area contributed by atoms with Gasteiger partial charge >= 0.3 is 5.97 Å². The highest BCUT2D eigenvalue weighted by atomic mass is 16.4. The molecule has 0 saturated heterocycles. The van der Waals surface area contributed by atoms with E-state index in [1.165, 1.54) is 0 Å². The second-order valence-electron chi connectivity index (χ2n) is 3.01. The molecular formula is C10H19NO3. The molecule has 1 amide bonds. The Balaban J connectivity index is 0. The number of nitrogens with one attached hydrogen (secondary N) is 1. The largest absolute Gasteiger partial charge is 0.478 e. The van der Waals surface area contributed by atoms with Gasteiger partial charge < -0.3 is 10.4 Å². The molecule has 0 aliphatic rings. The zero-order valence-electron chi connectivity index (χ0n) is 9.04. The van der Waals surface area contributed by atoms with Crippen molar-refractivity contribution in [2.75, 3.05) is 0 Å². The van der Waals surface area contributed by atoms with Crippen molar-refractivity contribution in [3.05, 3.63) is 12.7 Å². The van der Waals surface area contributed by atoms with Crippen LogP contribution in [0, 0.1) is 0 Å². The van der Waals surface area contributed by atoms with E-state index in [0.29, 0.717) is 6.42 Å². The van der Waals surface area contributed by atoms with Gasteiger partial charge in [0.2, 0.25) is 5.91 Å². The van der Waals surface area contributed by atoms with Crippen LogP contribution in [0.1, 0.15) is 33.6 Å². The number of carboxylic acid groups (broad SMARTS) is 1. The smallest absolute Gasteiger partial charge is 0.327 e. The summed E-state index contributed by atoms with van der Waals surface area (Å²) in [6, 6.07) is 0.282. The second-order valence-corrected chi connectivity index (χ2v) is 3.01. The second kappa shape index (κ2) is 9.77. The highest BCUT2D eigenvalue weighted by Crippen LogP contribution is 1.86. The van der Waals surface area contributed by atoms with Crippen molar-refractivity contribution >= 4 is 11.9 Å². The van der Waals surface area contributed by atoms with Crippen LogP contribution in [0.2, 0.25) is 0 Å². The Morgan fingerprint density at radius 2 is 1.93 bits per heavy atom. The van der Waals surface area contributed by atoms with Gasteiger partial charge in [0.1, 0.15) is 0 Å². The quantitative estimate of drug-likeness (QED) is 0.678. The zero-order chi connectivity index (χ0) is 11.6. The zero-order valence-corrected chi connectivity index (χ0v) is 9.04. The van der Waals surface area contributed by atoms with Crippen LogP contribution < -0.4 is 5.32 Å². The van der Waals surface area contributed by atoms with Crippen molar-refractivity contribution in [3.8, 4) is 0 Å². The lowest BCUT2D eigenvalue weighted by Crippen LogP contribution is -2.29. The fourth-order valence-corrected chi connectivity index (χ4v) is 0.621. The van der Waals surface area contributed by atoms with Gasteiger partial charge in [-0.2, -0.15) is 0 Å². The van der Waals surface area contributed by atoms with Gasteiger partial charge in [-0.15, -0.1) is 0 Å². The molecule has 0 aromatic rings. The lowest BCUT2D eigenvalue weighted by Gasteiger charge is -2.05. The van der Waals surface area contributed by atoms with Crippen molar-refractivity contribution < 1.29 is 14.7 Å². The van der Waals surface area contributed by atoms with Crippen molar-refractivity contribution in [1.29, 1.82) is 0 Å². The third-order valence-electron chi connectivity index (χ3n) is 1.10. The van der Waals surface area contributed by atoms with Gasteiger partial charge in [0, 0.05) is 18.5 Å². The lowest BCUT2D eigenvalue weighted by atomic mass is 10.3. The van der Waals surface area contributed by atoms with Crippen LogP contribution in [0.5, 0.6) is 0 Å². The summed E-state index contributed by atoms with van der Waals surface area (Å²) in [5, 5.41) is 10.4. The Morgan fingerprint density at radius 1 is 1.50 bits per heavy atom. The van der Waals surface area contributed by atoms with Crippen molar-refractivity contribution in [1.82, 2.24) is 5.32 Å². The minimum absolute atomic E-state index is 0.160. The summed E-state index contributed by atoms with van der Waals surface area (Å²) >= 11 is 0. The molecule has 0 aliphatic carbocycles. The SMILES string of the molecule is C=CC(=O)O.CCCC(=O)NC(C)C. The average molecular weight is 201 g/mol. The number of hydrogen-bond donors (Lipinski definition) is 2. The van der Waals surface area contributed by atoms with Gasteiger partial charge in [-0.25, -0.2) is 4.79 Å². The molecule has 0 spiro atoms. The summed E-state index contributed by atoms with van der Waals surface area (Å²) in [6.45, 7) is 8.89. The average Bonchev–Trinajstić information content (AvgIpc) is 2.04. The van der Waals surface area contributed by atoms with Crippen LogP contribution in [-0.4, -0.2) is 23.0 Å². The Morgan fingerprint density at radius 3 is 2.14 bits per heavy atom. The fraction of sp³-hybridized carbons (Fsp3) is 0.600. The van der Waals surface area contributed by atoms with Gasteiger partial charge in [-0.05, 0) is 20.3 Å². The van der Waals surface area contributed by atoms with E-state index in [1.807, 2.05) is 20.8 Å². The molecule has 0 fully saturated rings. The lowest BCUT2D eigenvalue weighted by molar-refractivity contribution is -0.131. The van der Waals surface area contributed by atoms with Gasteiger partial charge in [0.05, 0.1) is 0 Å². The van der Waals surface area contributed by atoms with Gasteiger partial charge in [0.25, 0.3) is 0 Å². The first-order valence-electron chi connectivity index (χ1n) is 4.58. The first-order chi connectivity index (χ1) is 6.43. The first-order valence-corrected chi connectivity index (χ1v) is 4.58. The molecule has 0 radical (unpaired) electrons. The maximum atomic E-state index is 10.7. The maximum Gasteiger partial charge on any atom is 0.327 e. The van der Waals surface area contributed by atoms with E-state index in [9.17, 15) is 9.59 Å². The highest BCUT2D eigenvalue weighted by molar-refractivity contribution is 5.78. The van der Waals surface area contributed by atoms with Gasteiger partial charge in [-0.3, -0.25) is 4.79 Å². The molecule has 0 aromatic carbocycles. The van der Waals surface area contributed by atoms with E-state index in [2.05, 4.69) is 11.9 Å². The third kappa shape index (κ3) is 17.0. The summed E-state index contributed by atoms with van der Waals surface area (Å²) < 4.78 is 0. The van der Waals surface area contributed by atoms with Gasteiger partial charge in [0.15, 0.2) is 0 Å². The molecule has 0 atom stereocenters. The number of hydrogen-bond acceptors (Lipinski definition) is 2. The summed E-state index contributed by atoms with van der Waals surface area (Å²) in [5.41, 5.74) is 0. The van der Waals surface area contributed by atoms with E-state index in [-0.39, 0.29) is 11.9 Å². The summed E-state index contributed by atoms with van der Waals surface area (Å²) in [4.78, 5) is 20.0. The van der Waals surface area contributed by atoms with E-state index in [0.717, 1.165) is 12.5 Å².